The minimum atomic E-state index is -2.95. The molecule has 0 saturated heterocycles. The zero-order valence-corrected chi connectivity index (χ0v) is 16.8. The van der Waals surface area contributed by atoms with Gasteiger partial charge in [0.15, 0.2) is 0 Å². The van der Waals surface area contributed by atoms with Crippen LogP contribution < -0.4 is 5.73 Å². The van der Waals surface area contributed by atoms with Crippen LogP contribution in [0.4, 0.5) is 0 Å². The number of hydrogen-bond donors (Lipinski definition) is 1. The molecule has 0 bridgehead atoms. The molecular formula is C17H39NO3Ti. The molecule has 2 N–H and O–H groups in total. The monoisotopic (exact) mass is 353 g/mol. The van der Waals surface area contributed by atoms with E-state index in [1.165, 1.54) is 57.8 Å². The Morgan fingerprint density at radius 1 is 0.591 bits per heavy atom. The first kappa shape index (κ1) is 22.6. The Kier molecular flexibility index (Phi) is 16.8. The van der Waals surface area contributed by atoms with E-state index in [-0.39, 0.29) is 0 Å². The Balaban J connectivity index is 3.70. The molecule has 0 rings (SSSR count). The van der Waals surface area contributed by atoms with Crippen LogP contribution in [0, 0.1) is 0 Å². The second-order valence-electron chi connectivity index (χ2n) is 5.70. The van der Waals surface area contributed by atoms with Gasteiger partial charge in [0.1, 0.15) is 0 Å². The second kappa shape index (κ2) is 16.4. The van der Waals surface area contributed by atoms with Crippen LogP contribution in [0.1, 0.15) is 78.6 Å². The quantitative estimate of drug-likeness (QED) is 0.299. The van der Waals surface area contributed by atoms with Gasteiger partial charge in [0.05, 0.1) is 0 Å². The van der Waals surface area contributed by atoms with E-state index >= 15 is 0 Å². The van der Waals surface area contributed by atoms with Crippen molar-refractivity contribution in [2.45, 2.75) is 83.3 Å². The summed E-state index contributed by atoms with van der Waals surface area (Å²) in [5.74, 6) is 0. The summed E-state index contributed by atoms with van der Waals surface area (Å²) in [6.45, 7) is 9.02. The van der Waals surface area contributed by atoms with Crippen molar-refractivity contribution in [2.24, 2.45) is 5.73 Å². The molecule has 0 aliphatic heterocycles. The van der Waals surface area contributed by atoms with Gasteiger partial charge in [0.2, 0.25) is 0 Å². The van der Waals surface area contributed by atoms with Crippen molar-refractivity contribution >= 4 is 0 Å². The molecule has 0 saturated carbocycles. The molecule has 0 heterocycles. The number of rotatable bonds is 17. The van der Waals surface area contributed by atoms with E-state index in [1.807, 2.05) is 20.8 Å². The predicted molar refractivity (Wildman–Crippen MR) is 90.3 cm³/mol. The summed E-state index contributed by atoms with van der Waals surface area (Å²) < 4.78 is 18.8. The van der Waals surface area contributed by atoms with E-state index in [4.69, 9.17) is 15.7 Å². The zero-order valence-electron chi connectivity index (χ0n) is 15.2. The summed E-state index contributed by atoms with van der Waals surface area (Å²) in [7, 11) is 0. The van der Waals surface area contributed by atoms with Crippen molar-refractivity contribution < 1.29 is 27.7 Å². The van der Waals surface area contributed by atoms with Gasteiger partial charge in [-0.1, -0.05) is 0 Å². The Morgan fingerprint density at radius 2 is 0.955 bits per heavy atom. The fraction of sp³-hybridized carbons (Fsp3) is 1.00. The average molecular weight is 353 g/mol. The van der Waals surface area contributed by atoms with Crippen molar-refractivity contribution in [3.05, 3.63) is 0 Å². The summed E-state index contributed by atoms with van der Waals surface area (Å²) in [5, 5.41) is 0. The Labute approximate surface area is 143 Å². The van der Waals surface area contributed by atoms with Crippen LogP contribution in [0.3, 0.4) is 0 Å². The predicted octanol–water partition coefficient (Wildman–Crippen LogP) is 4.88. The standard InChI is InChI=1S/C11H24N.3C2H5O.Ti/c1-2-3-4-5-6-7-8-9-10-11-12;3*1-2-3;/h1-12H2;3*2H2,1H3;/q;3*-1;+3. The van der Waals surface area contributed by atoms with Crippen molar-refractivity contribution in [1.29, 1.82) is 0 Å². The molecule has 0 fully saturated rings. The molecule has 0 radical (unpaired) electrons. The molecule has 0 amide bonds. The van der Waals surface area contributed by atoms with Gasteiger partial charge in [-0.15, -0.1) is 0 Å². The van der Waals surface area contributed by atoms with E-state index < -0.39 is 17.8 Å². The molecule has 5 heteroatoms. The van der Waals surface area contributed by atoms with Gasteiger partial charge in [0, 0.05) is 0 Å². The third-order valence-corrected chi connectivity index (χ3v) is 8.70. The molecule has 0 aliphatic rings. The molecule has 0 unspecified atom stereocenters. The van der Waals surface area contributed by atoms with Gasteiger partial charge in [-0.25, -0.2) is 0 Å². The van der Waals surface area contributed by atoms with E-state index in [0.29, 0.717) is 19.8 Å². The third kappa shape index (κ3) is 12.0. The maximum absolute atomic E-state index is 5.93. The summed E-state index contributed by atoms with van der Waals surface area (Å²) >= 11 is -2.95. The van der Waals surface area contributed by atoms with E-state index in [2.05, 4.69) is 0 Å². The van der Waals surface area contributed by atoms with E-state index in [9.17, 15) is 0 Å². The average Bonchev–Trinajstić information content (AvgIpc) is 2.50. The summed E-state index contributed by atoms with van der Waals surface area (Å²) in [5.41, 5.74) is 5.50. The third-order valence-electron chi connectivity index (χ3n) is 3.78. The van der Waals surface area contributed by atoms with E-state index in [1.54, 1.807) is 0 Å². The van der Waals surface area contributed by atoms with Crippen molar-refractivity contribution in [3.63, 3.8) is 0 Å². The van der Waals surface area contributed by atoms with Gasteiger partial charge >= 0.3 is 143 Å². The van der Waals surface area contributed by atoms with Crippen LogP contribution in [0.25, 0.3) is 0 Å². The molecule has 0 atom stereocenters. The van der Waals surface area contributed by atoms with Crippen LogP contribution in [-0.2, 0) is 27.7 Å². The molecule has 0 aromatic heterocycles. The summed E-state index contributed by atoms with van der Waals surface area (Å²) in [6, 6.07) is 0. The van der Waals surface area contributed by atoms with Gasteiger partial charge < -0.3 is 0 Å². The molecule has 0 aliphatic carbocycles. The SMILES string of the molecule is CC[O][Ti]([CH2]CCCCCCCCCCN)([O]CC)[O]CC. The first-order chi connectivity index (χ1) is 10.7. The molecule has 22 heavy (non-hydrogen) atoms. The van der Waals surface area contributed by atoms with Gasteiger partial charge in [-0.3, -0.25) is 0 Å². The van der Waals surface area contributed by atoms with Crippen LogP contribution in [0.15, 0.2) is 0 Å². The normalized spacial score (nSPS) is 12.0. The zero-order chi connectivity index (χ0) is 16.5. The van der Waals surface area contributed by atoms with Crippen LogP contribution in [-0.4, -0.2) is 26.4 Å². The molecule has 134 valence electrons. The Hall–Kier alpha value is 0.554. The molecule has 4 nitrogen and oxygen atoms in total. The maximum atomic E-state index is 5.93. The van der Waals surface area contributed by atoms with Gasteiger partial charge in [-0.2, -0.15) is 0 Å². The van der Waals surface area contributed by atoms with E-state index in [0.717, 1.165) is 11.3 Å². The Bertz CT molecular complexity index is 213. The fourth-order valence-corrected chi connectivity index (χ4v) is 6.92. The number of nitrogens with two attached hydrogens (primary N) is 1. The van der Waals surface area contributed by atoms with Crippen molar-refractivity contribution in [2.75, 3.05) is 26.4 Å². The molecule has 0 spiro atoms. The molecule has 0 aromatic carbocycles. The summed E-state index contributed by atoms with van der Waals surface area (Å²) in [6.07, 6.45) is 11.6. The fourth-order valence-electron chi connectivity index (χ4n) is 2.72. The first-order valence-electron chi connectivity index (χ1n) is 9.36. The molecule has 0 aromatic rings. The number of hydrogen-bond acceptors (Lipinski definition) is 4. The van der Waals surface area contributed by atoms with Gasteiger partial charge in [0.25, 0.3) is 0 Å². The van der Waals surface area contributed by atoms with Crippen molar-refractivity contribution in [1.82, 2.24) is 0 Å². The summed E-state index contributed by atoms with van der Waals surface area (Å²) in [4.78, 5) is 0. The topological polar surface area (TPSA) is 53.7 Å². The number of unbranched alkanes of at least 4 members (excludes halogenated alkanes) is 8. The van der Waals surface area contributed by atoms with Crippen LogP contribution in [0.2, 0.25) is 4.73 Å². The Morgan fingerprint density at radius 3 is 1.32 bits per heavy atom. The van der Waals surface area contributed by atoms with Crippen molar-refractivity contribution in [3.8, 4) is 0 Å². The first-order valence-corrected chi connectivity index (χ1v) is 12.4. The molecular weight excluding hydrogens is 314 g/mol. The van der Waals surface area contributed by atoms with Crippen LogP contribution in [0.5, 0.6) is 0 Å². The van der Waals surface area contributed by atoms with Crippen LogP contribution >= 0.6 is 0 Å². The van der Waals surface area contributed by atoms with Gasteiger partial charge in [-0.05, 0) is 0 Å². The second-order valence-corrected chi connectivity index (χ2v) is 9.97. The minimum absolute atomic E-state index is 0.697.